The fraction of sp³-hybridized carbons (Fsp3) is 0.600. The monoisotopic (exact) mass is 268 g/mol. The Bertz CT molecular complexity index is 505. The maximum Gasteiger partial charge on any atom is 0.327 e. The van der Waals surface area contributed by atoms with Gasteiger partial charge in [-0.2, -0.15) is 0 Å². The van der Waals surface area contributed by atoms with Gasteiger partial charge in [-0.25, -0.2) is 4.79 Å². The average molecular weight is 268 g/mol. The Morgan fingerprint density at radius 2 is 2.50 bits per heavy atom. The predicted octanol–water partition coefficient (Wildman–Crippen LogP) is -0.205. The van der Waals surface area contributed by atoms with Gasteiger partial charge < -0.3 is 10.0 Å². The van der Waals surface area contributed by atoms with E-state index in [-0.39, 0.29) is 11.3 Å². The number of hydrogen-bond acceptors (Lipinski definition) is 5. The van der Waals surface area contributed by atoms with E-state index in [2.05, 4.69) is 10.3 Å². The van der Waals surface area contributed by atoms with Crippen molar-refractivity contribution in [2.75, 3.05) is 0 Å². The molecule has 2 fully saturated rings. The highest BCUT2D eigenvalue weighted by molar-refractivity contribution is 8.01. The number of hydrogen-bond donors (Lipinski definition) is 1. The molecule has 1 aromatic rings. The van der Waals surface area contributed by atoms with Crippen LogP contribution in [0.1, 0.15) is 13.3 Å². The average Bonchev–Trinajstić information content (AvgIpc) is 2.83. The van der Waals surface area contributed by atoms with E-state index in [0.29, 0.717) is 13.0 Å². The lowest BCUT2D eigenvalue weighted by atomic mass is 9.96. The number of β-lactam (4-membered cyclic amide) rings is 1. The molecule has 0 spiro atoms. The smallest absolute Gasteiger partial charge is 0.327 e. The Balaban J connectivity index is 1.90. The molecule has 8 heteroatoms. The highest BCUT2D eigenvalue weighted by Gasteiger charge is 2.60. The number of aliphatic carboxylic acids is 1. The van der Waals surface area contributed by atoms with E-state index in [9.17, 15) is 14.7 Å². The van der Waals surface area contributed by atoms with Crippen LogP contribution in [0.25, 0.3) is 0 Å². The third-order valence-electron chi connectivity index (χ3n) is 3.39. The summed E-state index contributed by atoms with van der Waals surface area (Å²) in [6.07, 6.45) is 3.68. The van der Waals surface area contributed by atoms with Crippen molar-refractivity contribution in [3.63, 3.8) is 0 Å². The summed E-state index contributed by atoms with van der Waals surface area (Å²) in [6.45, 7) is 2.29. The predicted molar refractivity (Wildman–Crippen MR) is 62.7 cm³/mol. The standard InChI is InChI=1S/C10H12N4O3S/c1-10(5-13-3-2-11-12-13)8(9(16)17)14-6(15)4-7(14)18-10/h2-3,7-8H,4-5H2,1H3,(H,16,17)/t7-,8-,10-/m0/s1. The first-order chi connectivity index (χ1) is 8.51. The van der Waals surface area contributed by atoms with Crippen molar-refractivity contribution < 1.29 is 14.7 Å². The fourth-order valence-electron chi connectivity index (χ4n) is 2.62. The van der Waals surface area contributed by atoms with Crippen LogP contribution in [0.5, 0.6) is 0 Å². The summed E-state index contributed by atoms with van der Waals surface area (Å²) >= 11 is 1.54. The molecule has 1 N–H and O–H groups in total. The maximum atomic E-state index is 11.5. The van der Waals surface area contributed by atoms with Crippen LogP contribution in [0.3, 0.4) is 0 Å². The van der Waals surface area contributed by atoms with Gasteiger partial charge in [-0.05, 0) is 6.92 Å². The van der Waals surface area contributed by atoms with Crippen LogP contribution < -0.4 is 0 Å². The molecule has 0 bridgehead atoms. The van der Waals surface area contributed by atoms with Gasteiger partial charge in [0.1, 0.15) is 6.04 Å². The summed E-state index contributed by atoms with van der Waals surface area (Å²) in [6, 6.07) is -0.794. The summed E-state index contributed by atoms with van der Waals surface area (Å²) in [5, 5.41) is 16.9. The Hall–Kier alpha value is -1.57. The van der Waals surface area contributed by atoms with E-state index < -0.39 is 16.8 Å². The molecule has 18 heavy (non-hydrogen) atoms. The molecule has 0 aliphatic carbocycles. The largest absolute Gasteiger partial charge is 0.480 e. The zero-order valence-electron chi connectivity index (χ0n) is 9.68. The van der Waals surface area contributed by atoms with Gasteiger partial charge in [-0.15, -0.1) is 16.9 Å². The molecule has 2 aliphatic rings. The number of carboxylic acids is 1. The molecule has 0 aromatic carbocycles. The third kappa shape index (κ3) is 1.52. The van der Waals surface area contributed by atoms with Crippen LogP contribution in [-0.4, -0.2) is 53.0 Å². The highest BCUT2D eigenvalue weighted by atomic mass is 32.2. The second kappa shape index (κ2) is 3.71. The molecule has 0 unspecified atom stereocenters. The van der Waals surface area contributed by atoms with Gasteiger partial charge in [0.2, 0.25) is 5.91 Å². The maximum absolute atomic E-state index is 11.5. The van der Waals surface area contributed by atoms with Crippen LogP contribution >= 0.6 is 11.8 Å². The van der Waals surface area contributed by atoms with E-state index >= 15 is 0 Å². The summed E-state index contributed by atoms with van der Waals surface area (Å²) in [7, 11) is 0. The van der Waals surface area contributed by atoms with Crippen LogP contribution in [0.15, 0.2) is 12.4 Å². The van der Waals surface area contributed by atoms with Crippen LogP contribution in [0.2, 0.25) is 0 Å². The van der Waals surface area contributed by atoms with E-state index in [1.165, 1.54) is 16.7 Å². The van der Waals surface area contributed by atoms with Gasteiger partial charge in [-0.1, -0.05) is 5.21 Å². The zero-order valence-corrected chi connectivity index (χ0v) is 10.5. The number of carbonyl (C=O) groups is 2. The SMILES string of the molecule is C[C@@]1(Cn2ccnn2)S[C@H]2CC(=O)N2[C@H]1C(=O)O. The van der Waals surface area contributed by atoms with E-state index in [4.69, 9.17) is 0 Å². The Morgan fingerprint density at radius 3 is 3.06 bits per heavy atom. The highest BCUT2D eigenvalue weighted by Crippen LogP contribution is 2.51. The van der Waals surface area contributed by atoms with Gasteiger partial charge >= 0.3 is 5.97 Å². The summed E-state index contributed by atoms with van der Waals surface area (Å²) < 4.78 is 1.04. The minimum Gasteiger partial charge on any atom is -0.480 e. The van der Waals surface area contributed by atoms with Crippen molar-refractivity contribution in [2.24, 2.45) is 0 Å². The summed E-state index contributed by atoms with van der Waals surface area (Å²) in [5.41, 5.74) is 0. The molecule has 1 amide bonds. The lowest BCUT2D eigenvalue weighted by molar-refractivity contribution is -0.157. The lowest BCUT2D eigenvalue weighted by Crippen LogP contribution is -2.58. The quantitative estimate of drug-likeness (QED) is 0.763. The van der Waals surface area contributed by atoms with Gasteiger partial charge in [0, 0.05) is 6.20 Å². The minimum atomic E-state index is -0.958. The lowest BCUT2D eigenvalue weighted by Gasteiger charge is -2.36. The molecule has 1 aromatic heterocycles. The van der Waals surface area contributed by atoms with Crippen LogP contribution in [0, 0.1) is 0 Å². The van der Waals surface area contributed by atoms with Crippen molar-refractivity contribution in [1.29, 1.82) is 0 Å². The first-order valence-electron chi connectivity index (χ1n) is 5.57. The topological polar surface area (TPSA) is 88.3 Å². The molecule has 7 nitrogen and oxygen atoms in total. The molecule has 3 atom stereocenters. The number of thioether (sulfide) groups is 1. The number of carbonyl (C=O) groups excluding carboxylic acids is 1. The molecular formula is C10H12N4O3S. The van der Waals surface area contributed by atoms with Gasteiger partial charge in [0.15, 0.2) is 0 Å². The number of carboxylic acid groups (broad SMARTS) is 1. The summed E-state index contributed by atoms with van der Waals surface area (Å²) in [4.78, 5) is 24.4. The molecule has 2 saturated heterocycles. The normalized spacial score (nSPS) is 34.3. The Kier molecular flexibility index (Phi) is 2.37. The molecular weight excluding hydrogens is 256 g/mol. The van der Waals surface area contributed by atoms with Crippen molar-refractivity contribution >= 4 is 23.6 Å². The Labute approximate surface area is 107 Å². The first-order valence-corrected chi connectivity index (χ1v) is 6.45. The molecule has 0 radical (unpaired) electrons. The number of amides is 1. The third-order valence-corrected chi connectivity index (χ3v) is 4.95. The van der Waals surface area contributed by atoms with Crippen LogP contribution in [0.4, 0.5) is 0 Å². The number of rotatable bonds is 3. The first kappa shape index (κ1) is 11.5. The molecule has 0 saturated carbocycles. The van der Waals surface area contributed by atoms with Gasteiger partial charge in [0.25, 0.3) is 0 Å². The molecule has 3 rings (SSSR count). The van der Waals surface area contributed by atoms with Gasteiger partial charge in [-0.3, -0.25) is 9.48 Å². The second-order valence-corrected chi connectivity index (χ2v) is 6.44. The molecule has 96 valence electrons. The number of aromatic nitrogens is 3. The molecule has 3 heterocycles. The van der Waals surface area contributed by atoms with E-state index in [0.717, 1.165) is 0 Å². The van der Waals surface area contributed by atoms with Crippen molar-refractivity contribution in [3.8, 4) is 0 Å². The van der Waals surface area contributed by atoms with E-state index in [1.807, 2.05) is 6.92 Å². The van der Waals surface area contributed by atoms with Gasteiger partial charge in [0.05, 0.1) is 29.3 Å². The fourth-order valence-corrected chi connectivity index (χ4v) is 4.37. The Morgan fingerprint density at radius 1 is 1.72 bits per heavy atom. The molecule has 2 aliphatic heterocycles. The van der Waals surface area contributed by atoms with Crippen LogP contribution in [-0.2, 0) is 16.1 Å². The van der Waals surface area contributed by atoms with E-state index in [1.54, 1.807) is 17.1 Å². The minimum absolute atomic E-state index is 0.00729. The zero-order chi connectivity index (χ0) is 12.9. The van der Waals surface area contributed by atoms with Crippen molar-refractivity contribution in [2.45, 2.75) is 36.1 Å². The number of nitrogens with zero attached hydrogens (tertiary/aromatic N) is 4. The number of fused-ring (bicyclic) bond motifs is 1. The van der Waals surface area contributed by atoms with Crippen molar-refractivity contribution in [1.82, 2.24) is 19.9 Å². The second-order valence-electron chi connectivity index (χ2n) is 4.73. The van der Waals surface area contributed by atoms with Crippen molar-refractivity contribution in [3.05, 3.63) is 12.4 Å². The summed E-state index contributed by atoms with van der Waals surface area (Å²) in [5.74, 6) is -1.04.